The largest absolute Gasteiger partial charge is 0.504 e. The molecule has 27 heavy (non-hydrogen) atoms. The van der Waals surface area contributed by atoms with Crippen LogP contribution in [0.5, 0.6) is 11.5 Å². The first kappa shape index (κ1) is 17.0. The number of aromatic nitrogens is 5. The molecule has 9 heteroatoms. The minimum Gasteiger partial charge on any atom is -0.504 e. The van der Waals surface area contributed by atoms with E-state index in [9.17, 15) is 14.7 Å². The first-order chi connectivity index (χ1) is 12.8. The number of aromatic hydroxyl groups is 1. The summed E-state index contributed by atoms with van der Waals surface area (Å²) in [5.74, 6) is 0.255. The van der Waals surface area contributed by atoms with Crippen molar-refractivity contribution in [1.29, 1.82) is 0 Å². The van der Waals surface area contributed by atoms with Crippen molar-refractivity contribution in [2.75, 3.05) is 7.11 Å². The number of phenolic OH excluding ortho intramolecular Hbond substituents is 1. The zero-order chi connectivity index (χ0) is 19.5. The summed E-state index contributed by atoms with van der Waals surface area (Å²) in [5.41, 5.74) is 1.75. The molecule has 0 radical (unpaired) electrons. The van der Waals surface area contributed by atoms with Gasteiger partial charge in [0.25, 0.3) is 5.56 Å². The fourth-order valence-corrected chi connectivity index (χ4v) is 3.37. The highest BCUT2D eigenvalue weighted by Crippen LogP contribution is 2.37. The average molecular weight is 369 g/mol. The molecule has 0 aliphatic rings. The first-order valence-electron chi connectivity index (χ1n) is 8.43. The number of nitrogens with one attached hydrogen (secondary N) is 2. The number of hydrogen-bond acceptors (Lipinski definition) is 5. The summed E-state index contributed by atoms with van der Waals surface area (Å²) in [7, 11) is 3.07. The van der Waals surface area contributed by atoms with E-state index in [-0.39, 0.29) is 23.0 Å². The summed E-state index contributed by atoms with van der Waals surface area (Å²) >= 11 is 0. The summed E-state index contributed by atoms with van der Waals surface area (Å²) in [6.45, 7) is 3.85. The van der Waals surface area contributed by atoms with Crippen LogP contribution in [0.3, 0.4) is 0 Å². The quantitative estimate of drug-likeness (QED) is 0.509. The predicted octanol–water partition coefficient (Wildman–Crippen LogP) is 1.87. The first-order valence-corrected chi connectivity index (χ1v) is 8.43. The van der Waals surface area contributed by atoms with Crippen LogP contribution in [-0.2, 0) is 7.05 Å². The maximum Gasteiger partial charge on any atom is 0.327 e. The van der Waals surface area contributed by atoms with Crippen LogP contribution in [-0.4, -0.2) is 36.5 Å². The molecule has 0 saturated heterocycles. The zero-order valence-electron chi connectivity index (χ0n) is 15.3. The molecule has 0 aliphatic carbocycles. The third-order valence-electron chi connectivity index (χ3n) is 4.68. The molecular weight excluding hydrogens is 350 g/mol. The van der Waals surface area contributed by atoms with Gasteiger partial charge in [-0.15, -0.1) is 0 Å². The Morgan fingerprint density at radius 1 is 1.26 bits per heavy atom. The van der Waals surface area contributed by atoms with E-state index in [1.165, 1.54) is 17.7 Å². The molecule has 0 spiro atoms. The van der Waals surface area contributed by atoms with Gasteiger partial charge < -0.3 is 9.84 Å². The van der Waals surface area contributed by atoms with Gasteiger partial charge in [0.1, 0.15) is 0 Å². The van der Waals surface area contributed by atoms with Gasteiger partial charge in [-0.05, 0) is 31.5 Å². The normalized spacial score (nSPS) is 11.7. The highest BCUT2D eigenvalue weighted by atomic mass is 16.5. The van der Waals surface area contributed by atoms with Gasteiger partial charge in [0.2, 0.25) is 0 Å². The second kappa shape index (κ2) is 5.76. The molecular formula is C18H19N5O4. The smallest absolute Gasteiger partial charge is 0.327 e. The Kier molecular flexibility index (Phi) is 3.62. The second-order valence-electron chi connectivity index (χ2n) is 6.66. The molecule has 0 bridgehead atoms. The number of pyridine rings is 1. The third-order valence-corrected chi connectivity index (χ3v) is 4.68. The van der Waals surface area contributed by atoms with Gasteiger partial charge in [0.05, 0.1) is 18.0 Å². The highest BCUT2D eigenvalue weighted by Gasteiger charge is 2.23. The number of ether oxygens (including phenoxy) is 1. The van der Waals surface area contributed by atoms with Gasteiger partial charge in [0.15, 0.2) is 22.8 Å². The fourth-order valence-electron chi connectivity index (χ4n) is 3.37. The standard InChI is InChI=1S/C18H19N5O4/c1-8(2)23-16-13(17(25)21-23)12(9-5-6-11(27-4)10(24)7-9)14-15(19-16)20-18(26)22(14)3/h5-8,24H,1-4H3,(H,21,25)(H,19,20,26). The van der Waals surface area contributed by atoms with Crippen LogP contribution in [0.2, 0.25) is 0 Å². The van der Waals surface area contributed by atoms with Gasteiger partial charge in [-0.3, -0.25) is 24.1 Å². The maximum atomic E-state index is 12.8. The number of rotatable bonds is 3. The number of hydrogen-bond donors (Lipinski definition) is 3. The van der Waals surface area contributed by atoms with Crippen LogP contribution in [0.4, 0.5) is 0 Å². The number of aryl methyl sites for hydroxylation is 1. The molecule has 0 unspecified atom stereocenters. The summed E-state index contributed by atoms with van der Waals surface area (Å²) in [6, 6.07) is 4.82. The van der Waals surface area contributed by atoms with E-state index in [4.69, 9.17) is 4.74 Å². The molecule has 3 N–H and O–H groups in total. The molecule has 0 amide bonds. The monoisotopic (exact) mass is 369 g/mol. The molecule has 1 aromatic carbocycles. The molecule has 9 nitrogen and oxygen atoms in total. The van der Waals surface area contributed by atoms with E-state index in [2.05, 4.69) is 15.1 Å². The van der Waals surface area contributed by atoms with Crippen molar-refractivity contribution < 1.29 is 9.84 Å². The third kappa shape index (κ3) is 2.35. The Balaban J connectivity index is 2.23. The van der Waals surface area contributed by atoms with Crippen LogP contribution in [0.15, 0.2) is 27.8 Å². The molecule has 0 saturated carbocycles. The van der Waals surface area contributed by atoms with E-state index in [1.54, 1.807) is 23.9 Å². The lowest BCUT2D eigenvalue weighted by Gasteiger charge is -2.11. The van der Waals surface area contributed by atoms with Crippen molar-refractivity contribution in [3.8, 4) is 22.6 Å². The van der Waals surface area contributed by atoms with Gasteiger partial charge >= 0.3 is 5.69 Å². The van der Waals surface area contributed by atoms with Gasteiger partial charge in [-0.25, -0.2) is 9.78 Å². The maximum absolute atomic E-state index is 12.8. The fraction of sp³-hybridized carbons (Fsp3) is 0.278. The molecule has 140 valence electrons. The summed E-state index contributed by atoms with van der Waals surface area (Å²) in [5, 5.41) is 13.4. The number of phenols is 1. The number of H-pyrrole nitrogens is 2. The van der Waals surface area contributed by atoms with Crippen LogP contribution >= 0.6 is 0 Å². The summed E-state index contributed by atoms with van der Waals surface area (Å²) in [4.78, 5) is 32.2. The number of methoxy groups -OCH3 is 1. The molecule has 4 aromatic rings. The molecule has 3 aromatic heterocycles. The van der Waals surface area contributed by atoms with Crippen molar-refractivity contribution in [2.24, 2.45) is 7.05 Å². The SMILES string of the molecule is COc1ccc(-c2c3c(=O)[nH]n(C(C)C)c3nc3[nH]c(=O)n(C)c23)cc1O. The minimum atomic E-state index is -0.336. The van der Waals surface area contributed by atoms with E-state index < -0.39 is 0 Å². The van der Waals surface area contributed by atoms with Crippen LogP contribution in [0.1, 0.15) is 19.9 Å². The van der Waals surface area contributed by atoms with E-state index >= 15 is 0 Å². The van der Waals surface area contributed by atoms with Crippen molar-refractivity contribution in [3.05, 3.63) is 39.0 Å². The van der Waals surface area contributed by atoms with Gasteiger partial charge in [-0.1, -0.05) is 6.07 Å². The van der Waals surface area contributed by atoms with E-state index in [0.29, 0.717) is 39.1 Å². The number of nitrogens with zero attached hydrogens (tertiary/aromatic N) is 3. The lowest BCUT2D eigenvalue weighted by Crippen LogP contribution is -2.12. The predicted molar refractivity (Wildman–Crippen MR) is 101 cm³/mol. The average Bonchev–Trinajstić information content (AvgIpc) is 3.10. The Morgan fingerprint density at radius 3 is 2.63 bits per heavy atom. The molecule has 0 atom stereocenters. The van der Waals surface area contributed by atoms with Gasteiger partial charge in [-0.2, -0.15) is 0 Å². The number of aromatic amines is 2. The lowest BCUT2D eigenvalue weighted by atomic mass is 10.0. The van der Waals surface area contributed by atoms with Crippen molar-refractivity contribution in [1.82, 2.24) is 24.3 Å². The number of fused-ring (bicyclic) bond motifs is 2. The molecule has 0 aliphatic heterocycles. The van der Waals surface area contributed by atoms with Crippen LogP contribution < -0.4 is 16.0 Å². The Morgan fingerprint density at radius 2 is 2.00 bits per heavy atom. The highest BCUT2D eigenvalue weighted by molar-refractivity contribution is 6.06. The Bertz CT molecular complexity index is 1310. The Labute approximate surface area is 152 Å². The van der Waals surface area contributed by atoms with Crippen LogP contribution in [0, 0.1) is 0 Å². The van der Waals surface area contributed by atoms with Crippen LogP contribution in [0.25, 0.3) is 33.3 Å². The second-order valence-corrected chi connectivity index (χ2v) is 6.66. The van der Waals surface area contributed by atoms with E-state index in [1.807, 2.05) is 13.8 Å². The zero-order valence-corrected chi connectivity index (χ0v) is 15.3. The molecule has 4 rings (SSSR count). The number of benzene rings is 1. The van der Waals surface area contributed by atoms with Crippen molar-refractivity contribution >= 4 is 22.2 Å². The minimum absolute atomic E-state index is 0.0345. The van der Waals surface area contributed by atoms with Crippen molar-refractivity contribution in [2.45, 2.75) is 19.9 Å². The molecule has 3 heterocycles. The topological polar surface area (TPSA) is 118 Å². The van der Waals surface area contributed by atoms with E-state index in [0.717, 1.165) is 0 Å². The summed E-state index contributed by atoms with van der Waals surface area (Å²) in [6.07, 6.45) is 0. The summed E-state index contributed by atoms with van der Waals surface area (Å²) < 4.78 is 8.17. The van der Waals surface area contributed by atoms with Gasteiger partial charge in [0, 0.05) is 18.7 Å². The number of imidazole rings is 1. The lowest BCUT2D eigenvalue weighted by molar-refractivity contribution is 0.373. The Hall–Kier alpha value is -3.49. The van der Waals surface area contributed by atoms with Crippen molar-refractivity contribution in [3.63, 3.8) is 0 Å². The molecule has 0 fully saturated rings.